The third-order valence-electron chi connectivity index (χ3n) is 8.03. The zero-order valence-corrected chi connectivity index (χ0v) is 21.8. The van der Waals surface area contributed by atoms with E-state index in [1.165, 1.54) is 10.1 Å². The fraction of sp³-hybridized carbons (Fsp3) is 0.536. The lowest BCUT2D eigenvalue weighted by Crippen LogP contribution is -2.52. The first kappa shape index (κ1) is 25.6. The molecule has 0 spiro atoms. The predicted molar refractivity (Wildman–Crippen MR) is 143 cm³/mol. The number of aliphatic hydroxyl groups is 1. The molecule has 9 heteroatoms. The van der Waals surface area contributed by atoms with Crippen molar-refractivity contribution in [3.63, 3.8) is 0 Å². The van der Waals surface area contributed by atoms with E-state index in [1.807, 2.05) is 54.0 Å². The molecule has 2 aromatic heterocycles. The first-order valence-corrected chi connectivity index (χ1v) is 13.3. The Labute approximate surface area is 217 Å². The number of rotatable bonds is 7. The zero-order chi connectivity index (χ0) is 26.0. The maximum absolute atomic E-state index is 13.6. The van der Waals surface area contributed by atoms with Gasteiger partial charge in [-0.3, -0.25) is 14.2 Å². The van der Waals surface area contributed by atoms with Crippen molar-refractivity contribution in [1.29, 1.82) is 0 Å². The molecule has 9 nitrogen and oxygen atoms in total. The number of likely N-dealkylation sites (N-methyl/N-ethyl adjacent to an activating group) is 1. The zero-order valence-electron chi connectivity index (χ0n) is 21.8. The normalized spacial score (nSPS) is 22.0. The molecule has 1 amide bonds. The fourth-order valence-corrected chi connectivity index (χ4v) is 5.76. The van der Waals surface area contributed by atoms with Gasteiger partial charge in [0.15, 0.2) is 0 Å². The Morgan fingerprint density at radius 2 is 1.92 bits per heavy atom. The summed E-state index contributed by atoms with van der Waals surface area (Å²) in [6, 6.07) is 12.1. The average Bonchev–Trinajstić information content (AvgIpc) is 3.33. The van der Waals surface area contributed by atoms with Crippen LogP contribution in [0.5, 0.6) is 0 Å². The van der Waals surface area contributed by atoms with Crippen LogP contribution in [-0.2, 0) is 17.9 Å². The third kappa shape index (κ3) is 5.49. The molecular formula is C28H38N6O3. The molecule has 0 bridgehead atoms. The van der Waals surface area contributed by atoms with Crippen molar-refractivity contribution in [3.05, 3.63) is 64.8 Å². The average molecular weight is 507 g/mol. The quantitative estimate of drug-likeness (QED) is 0.505. The Balaban J connectivity index is 1.24. The number of nitrogens with zero attached hydrogens (tertiary/aromatic N) is 5. The van der Waals surface area contributed by atoms with Gasteiger partial charge in [-0.05, 0) is 51.5 Å². The second kappa shape index (κ2) is 10.8. The summed E-state index contributed by atoms with van der Waals surface area (Å²) in [5, 5.41) is 15.4. The lowest BCUT2D eigenvalue weighted by molar-refractivity contribution is -0.141. The van der Waals surface area contributed by atoms with Crippen LogP contribution in [0.25, 0.3) is 11.0 Å². The number of hydrogen-bond acceptors (Lipinski definition) is 6. The lowest BCUT2D eigenvalue weighted by Gasteiger charge is -2.41. The van der Waals surface area contributed by atoms with Gasteiger partial charge in [-0.1, -0.05) is 30.3 Å². The molecule has 5 rings (SSSR count). The van der Waals surface area contributed by atoms with Crippen molar-refractivity contribution < 1.29 is 9.90 Å². The minimum Gasteiger partial charge on any atom is -0.388 e. The summed E-state index contributed by atoms with van der Waals surface area (Å²) in [6.45, 7) is 4.41. The highest BCUT2D eigenvalue weighted by molar-refractivity contribution is 5.80. The molecule has 2 saturated heterocycles. The SMILES string of the molecule is CN(C)CCn1ccc2c(=O)n(CC3(O)CCN(C(=O)[C@@H]4CCNC[C@H]4c4ccccc4)CC3)cnc21. The second-order valence-electron chi connectivity index (χ2n) is 10.9. The van der Waals surface area contributed by atoms with Crippen molar-refractivity contribution in [1.82, 2.24) is 29.2 Å². The predicted octanol–water partition coefficient (Wildman–Crippen LogP) is 1.51. The van der Waals surface area contributed by atoms with Gasteiger partial charge in [-0.15, -0.1) is 0 Å². The number of aromatic nitrogens is 3. The molecule has 2 fully saturated rings. The van der Waals surface area contributed by atoms with E-state index in [0.29, 0.717) is 37.0 Å². The van der Waals surface area contributed by atoms with E-state index in [-0.39, 0.29) is 29.8 Å². The molecule has 0 unspecified atom stereocenters. The van der Waals surface area contributed by atoms with E-state index < -0.39 is 5.60 Å². The van der Waals surface area contributed by atoms with Gasteiger partial charge < -0.3 is 24.8 Å². The molecule has 2 atom stereocenters. The summed E-state index contributed by atoms with van der Waals surface area (Å²) in [5.41, 5.74) is 0.682. The minimum absolute atomic E-state index is 0.0550. The third-order valence-corrected chi connectivity index (χ3v) is 8.03. The second-order valence-corrected chi connectivity index (χ2v) is 10.9. The van der Waals surface area contributed by atoms with E-state index in [4.69, 9.17) is 0 Å². The Bertz CT molecular complexity index is 1280. The van der Waals surface area contributed by atoms with Gasteiger partial charge in [-0.2, -0.15) is 0 Å². The van der Waals surface area contributed by atoms with Crippen LogP contribution in [0, 0.1) is 5.92 Å². The van der Waals surface area contributed by atoms with Gasteiger partial charge in [0.25, 0.3) is 5.56 Å². The Morgan fingerprint density at radius 3 is 2.65 bits per heavy atom. The number of piperidine rings is 2. The molecule has 4 heterocycles. The summed E-state index contributed by atoms with van der Waals surface area (Å²) in [4.78, 5) is 35.3. The summed E-state index contributed by atoms with van der Waals surface area (Å²) >= 11 is 0. The van der Waals surface area contributed by atoms with E-state index in [9.17, 15) is 14.7 Å². The van der Waals surface area contributed by atoms with E-state index >= 15 is 0 Å². The first-order valence-electron chi connectivity index (χ1n) is 13.3. The number of carbonyl (C=O) groups excluding carboxylic acids is 1. The topological polar surface area (TPSA) is 95.6 Å². The molecule has 2 aliphatic rings. The maximum atomic E-state index is 13.6. The van der Waals surface area contributed by atoms with Gasteiger partial charge >= 0.3 is 0 Å². The molecule has 2 N–H and O–H groups in total. The van der Waals surface area contributed by atoms with Crippen LogP contribution in [0.15, 0.2) is 53.7 Å². The van der Waals surface area contributed by atoms with Crippen molar-refractivity contribution >= 4 is 16.9 Å². The van der Waals surface area contributed by atoms with Crippen LogP contribution >= 0.6 is 0 Å². The number of benzene rings is 1. The first-order chi connectivity index (χ1) is 17.8. The van der Waals surface area contributed by atoms with E-state index in [0.717, 1.165) is 32.6 Å². The van der Waals surface area contributed by atoms with Crippen LogP contribution in [0.2, 0.25) is 0 Å². The number of fused-ring (bicyclic) bond motifs is 1. The summed E-state index contributed by atoms with van der Waals surface area (Å²) in [6.07, 6.45) is 5.14. The van der Waals surface area contributed by atoms with E-state index in [2.05, 4.69) is 27.3 Å². The van der Waals surface area contributed by atoms with Crippen molar-refractivity contribution in [2.45, 2.75) is 43.9 Å². The highest BCUT2D eigenvalue weighted by atomic mass is 16.3. The summed E-state index contributed by atoms with van der Waals surface area (Å²) < 4.78 is 3.51. The molecule has 0 radical (unpaired) electrons. The molecule has 0 aliphatic carbocycles. The fourth-order valence-electron chi connectivity index (χ4n) is 5.76. The molecular weight excluding hydrogens is 468 g/mol. The van der Waals surface area contributed by atoms with Crippen LogP contribution < -0.4 is 10.9 Å². The van der Waals surface area contributed by atoms with Gasteiger partial charge in [0, 0.05) is 50.8 Å². The van der Waals surface area contributed by atoms with E-state index in [1.54, 1.807) is 6.33 Å². The highest BCUT2D eigenvalue weighted by Crippen LogP contribution is 2.33. The number of carbonyl (C=O) groups is 1. The highest BCUT2D eigenvalue weighted by Gasteiger charge is 2.39. The molecule has 37 heavy (non-hydrogen) atoms. The van der Waals surface area contributed by atoms with Crippen LogP contribution in [0.3, 0.4) is 0 Å². The van der Waals surface area contributed by atoms with Gasteiger partial charge in [0.05, 0.1) is 17.5 Å². The van der Waals surface area contributed by atoms with Gasteiger partial charge in [-0.25, -0.2) is 4.98 Å². The summed E-state index contributed by atoms with van der Waals surface area (Å²) in [7, 11) is 4.03. The smallest absolute Gasteiger partial charge is 0.262 e. The standard InChI is InChI=1S/C28H38N6O3/c1-31(2)16-17-32-13-9-23-25(32)30-20-34(27(23)36)19-28(37)10-14-33(15-11-28)26(35)22-8-12-29-18-24(22)21-6-4-3-5-7-21/h3-7,9,13,20,22,24,29,37H,8,10-12,14-19H2,1-2H3/t22-,24+/m1/s1. The van der Waals surface area contributed by atoms with Gasteiger partial charge in [0.2, 0.25) is 5.91 Å². The van der Waals surface area contributed by atoms with Crippen LogP contribution in [0.4, 0.5) is 0 Å². The lowest BCUT2D eigenvalue weighted by atomic mass is 9.80. The number of nitrogens with one attached hydrogen (secondary N) is 1. The number of hydrogen-bond donors (Lipinski definition) is 2. The Kier molecular flexibility index (Phi) is 7.46. The molecule has 2 aliphatic heterocycles. The number of amides is 1. The Hall–Kier alpha value is -3.01. The monoisotopic (exact) mass is 506 g/mol. The molecule has 3 aromatic rings. The minimum atomic E-state index is -1.05. The Morgan fingerprint density at radius 1 is 1.16 bits per heavy atom. The molecule has 1 aromatic carbocycles. The van der Waals surface area contributed by atoms with Crippen LogP contribution in [0.1, 0.15) is 30.7 Å². The van der Waals surface area contributed by atoms with Crippen LogP contribution in [-0.4, -0.2) is 87.4 Å². The molecule has 198 valence electrons. The maximum Gasteiger partial charge on any atom is 0.262 e. The van der Waals surface area contributed by atoms with Crippen molar-refractivity contribution in [3.8, 4) is 0 Å². The molecule has 0 saturated carbocycles. The largest absolute Gasteiger partial charge is 0.388 e. The van der Waals surface area contributed by atoms with Gasteiger partial charge in [0.1, 0.15) is 12.0 Å². The van der Waals surface area contributed by atoms with Crippen molar-refractivity contribution in [2.75, 3.05) is 46.8 Å². The van der Waals surface area contributed by atoms with Crippen molar-refractivity contribution in [2.24, 2.45) is 5.92 Å². The number of likely N-dealkylation sites (tertiary alicyclic amines) is 1. The summed E-state index contributed by atoms with van der Waals surface area (Å²) in [5.74, 6) is 0.280.